The SMILES string of the molecule is N#Cc1cccc(C(=O)OCCOc2ccccc2Cl)c1. The molecular weight excluding hydrogens is 290 g/mol. The molecule has 0 aliphatic rings. The number of carbonyl (C=O) groups excluding carboxylic acids is 1. The largest absolute Gasteiger partial charge is 0.488 e. The van der Waals surface area contributed by atoms with Crippen LogP contribution in [0.1, 0.15) is 15.9 Å². The lowest BCUT2D eigenvalue weighted by Crippen LogP contribution is -2.12. The highest BCUT2D eigenvalue weighted by atomic mass is 35.5. The number of benzene rings is 2. The average Bonchev–Trinajstić information content (AvgIpc) is 2.53. The van der Waals surface area contributed by atoms with Gasteiger partial charge in [-0.1, -0.05) is 29.8 Å². The number of hydrogen-bond acceptors (Lipinski definition) is 4. The zero-order chi connectivity index (χ0) is 15.1. The molecule has 0 atom stereocenters. The molecule has 21 heavy (non-hydrogen) atoms. The topological polar surface area (TPSA) is 59.3 Å². The molecular formula is C16H12ClNO3. The molecule has 2 aromatic carbocycles. The Balaban J connectivity index is 1.82. The second-order valence-corrected chi connectivity index (χ2v) is 4.51. The second-order valence-electron chi connectivity index (χ2n) is 4.11. The number of carbonyl (C=O) groups is 1. The Hall–Kier alpha value is -2.51. The predicted octanol–water partition coefficient (Wildman–Crippen LogP) is 3.45. The van der Waals surface area contributed by atoms with Crippen molar-refractivity contribution < 1.29 is 14.3 Å². The molecule has 2 aromatic rings. The minimum absolute atomic E-state index is 0.0981. The van der Waals surface area contributed by atoms with Crippen LogP contribution in [0.5, 0.6) is 5.75 Å². The minimum atomic E-state index is -0.491. The third kappa shape index (κ3) is 4.23. The summed E-state index contributed by atoms with van der Waals surface area (Å²) in [7, 11) is 0. The van der Waals surface area contributed by atoms with Crippen molar-refractivity contribution in [1.29, 1.82) is 5.26 Å². The molecule has 0 aliphatic carbocycles. The number of nitriles is 1. The normalized spacial score (nSPS) is 9.71. The maximum atomic E-state index is 11.8. The van der Waals surface area contributed by atoms with Gasteiger partial charge in [-0.25, -0.2) is 4.79 Å². The maximum absolute atomic E-state index is 11.8. The van der Waals surface area contributed by atoms with Gasteiger partial charge in [-0.05, 0) is 30.3 Å². The molecule has 0 unspecified atom stereocenters. The van der Waals surface area contributed by atoms with Crippen LogP contribution in [-0.2, 0) is 4.74 Å². The van der Waals surface area contributed by atoms with Crippen molar-refractivity contribution in [2.75, 3.05) is 13.2 Å². The fourth-order valence-electron chi connectivity index (χ4n) is 1.65. The van der Waals surface area contributed by atoms with Gasteiger partial charge in [0.1, 0.15) is 19.0 Å². The van der Waals surface area contributed by atoms with E-state index in [0.717, 1.165) is 0 Å². The predicted molar refractivity (Wildman–Crippen MR) is 78.4 cm³/mol. The van der Waals surface area contributed by atoms with E-state index in [4.69, 9.17) is 26.3 Å². The Kier molecular flexibility index (Phi) is 5.19. The van der Waals surface area contributed by atoms with Crippen LogP contribution in [0.25, 0.3) is 0 Å². The summed E-state index contributed by atoms with van der Waals surface area (Å²) in [5, 5.41) is 9.28. The number of rotatable bonds is 5. The molecule has 0 radical (unpaired) electrons. The van der Waals surface area contributed by atoms with Crippen molar-refractivity contribution in [3.8, 4) is 11.8 Å². The van der Waals surface area contributed by atoms with Gasteiger partial charge in [-0.2, -0.15) is 5.26 Å². The summed E-state index contributed by atoms with van der Waals surface area (Å²) in [4.78, 5) is 11.8. The van der Waals surface area contributed by atoms with Crippen LogP contribution in [0.2, 0.25) is 5.02 Å². The first-order valence-electron chi connectivity index (χ1n) is 6.25. The first kappa shape index (κ1) is 14.9. The van der Waals surface area contributed by atoms with Gasteiger partial charge in [0.25, 0.3) is 0 Å². The summed E-state index contributed by atoms with van der Waals surface area (Å²) >= 11 is 5.93. The number of halogens is 1. The van der Waals surface area contributed by atoms with Crippen molar-refractivity contribution in [3.05, 3.63) is 64.7 Å². The monoisotopic (exact) mass is 301 g/mol. The molecule has 0 saturated heterocycles. The minimum Gasteiger partial charge on any atom is -0.488 e. The van der Waals surface area contributed by atoms with Crippen LogP contribution >= 0.6 is 11.6 Å². The standard InChI is InChI=1S/C16H12ClNO3/c17-14-6-1-2-7-15(14)20-8-9-21-16(19)13-5-3-4-12(10-13)11-18/h1-7,10H,8-9H2. The number of para-hydroxylation sites is 1. The van der Waals surface area contributed by atoms with Crippen molar-refractivity contribution in [3.63, 3.8) is 0 Å². The fourth-order valence-corrected chi connectivity index (χ4v) is 1.84. The van der Waals surface area contributed by atoms with Crippen LogP contribution in [0.15, 0.2) is 48.5 Å². The smallest absolute Gasteiger partial charge is 0.338 e. The van der Waals surface area contributed by atoms with E-state index in [1.165, 1.54) is 6.07 Å². The first-order valence-corrected chi connectivity index (χ1v) is 6.63. The Labute approximate surface area is 127 Å². The highest BCUT2D eigenvalue weighted by molar-refractivity contribution is 6.32. The van der Waals surface area contributed by atoms with E-state index < -0.39 is 5.97 Å². The zero-order valence-corrected chi connectivity index (χ0v) is 11.8. The molecule has 0 N–H and O–H groups in total. The van der Waals surface area contributed by atoms with E-state index >= 15 is 0 Å². The van der Waals surface area contributed by atoms with E-state index in [1.54, 1.807) is 42.5 Å². The number of hydrogen-bond donors (Lipinski definition) is 0. The Morgan fingerprint density at radius 1 is 1.14 bits per heavy atom. The van der Waals surface area contributed by atoms with Crippen LogP contribution in [0.3, 0.4) is 0 Å². The first-order chi connectivity index (χ1) is 10.2. The van der Waals surface area contributed by atoms with Gasteiger partial charge >= 0.3 is 5.97 Å². The average molecular weight is 302 g/mol. The van der Waals surface area contributed by atoms with Crippen molar-refractivity contribution in [2.45, 2.75) is 0 Å². The van der Waals surface area contributed by atoms with Crippen molar-refractivity contribution in [2.24, 2.45) is 0 Å². The molecule has 0 heterocycles. The highest BCUT2D eigenvalue weighted by Gasteiger charge is 2.08. The number of nitrogens with zero attached hydrogens (tertiary/aromatic N) is 1. The summed E-state index contributed by atoms with van der Waals surface area (Å²) < 4.78 is 10.5. The van der Waals surface area contributed by atoms with Gasteiger partial charge in [0.2, 0.25) is 0 Å². The van der Waals surface area contributed by atoms with E-state index in [2.05, 4.69) is 0 Å². The molecule has 0 bridgehead atoms. The van der Waals surface area contributed by atoms with E-state index in [0.29, 0.717) is 21.9 Å². The molecule has 0 aromatic heterocycles. The van der Waals surface area contributed by atoms with Gasteiger partial charge in [0, 0.05) is 0 Å². The Morgan fingerprint density at radius 2 is 1.95 bits per heavy atom. The number of ether oxygens (including phenoxy) is 2. The van der Waals surface area contributed by atoms with Crippen LogP contribution in [-0.4, -0.2) is 19.2 Å². The Morgan fingerprint density at radius 3 is 2.71 bits per heavy atom. The summed E-state index contributed by atoms with van der Waals surface area (Å²) in [6, 6.07) is 15.4. The number of esters is 1. The molecule has 106 valence electrons. The molecule has 0 aliphatic heterocycles. The molecule has 0 fully saturated rings. The molecule has 5 heteroatoms. The quantitative estimate of drug-likeness (QED) is 0.627. The van der Waals surface area contributed by atoms with Crippen LogP contribution in [0.4, 0.5) is 0 Å². The summed E-state index contributed by atoms with van der Waals surface area (Å²) in [5.41, 5.74) is 0.753. The van der Waals surface area contributed by atoms with Crippen molar-refractivity contribution >= 4 is 17.6 Å². The van der Waals surface area contributed by atoms with Gasteiger partial charge < -0.3 is 9.47 Å². The molecule has 2 rings (SSSR count). The molecule has 0 amide bonds. The van der Waals surface area contributed by atoms with Crippen LogP contribution in [0, 0.1) is 11.3 Å². The van der Waals surface area contributed by atoms with Gasteiger partial charge in [0.05, 0.1) is 22.2 Å². The molecule has 0 saturated carbocycles. The molecule has 4 nitrogen and oxygen atoms in total. The Bertz CT molecular complexity index is 679. The summed E-state index contributed by atoms with van der Waals surface area (Å²) in [6.45, 7) is 0.300. The second kappa shape index (κ2) is 7.32. The lowest BCUT2D eigenvalue weighted by molar-refractivity contribution is 0.0450. The highest BCUT2D eigenvalue weighted by Crippen LogP contribution is 2.22. The van der Waals surface area contributed by atoms with E-state index in [-0.39, 0.29) is 13.2 Å². The third-order valence-corrected chi connectivity index (χ3v) is 2.95. The lowest BCUT2D eigenvalue weighted by atomic mass is 10.1. The maximum Gasteiger partial charge on any atom is 0.338 e. The van der Waals surface area contributed by atoms with Gasteiger partial charge in [-0.3, -0.25) is 0 Å². The lowest BCUT2D eigenvalue weighted by Gasteiger charge is -2.08. The molecule has 0 spiro atoms. The van der Waals surface area contributed by atoms with Gasteiger partial charge in [-0.15, -0.1) is 0 Å². The van der Waals surface area contributed by atoms with Gasteiger partial charge in [0.15, 0.2) is 0 Å². The zero-order valence-electron chi connectivity index (χ0n) is 11.1. The summed E-state index contributed by atoms with van der Waals surface area (Å²) in [5.74, 6) is 0.0524. The fraction of sp³-hybridized carbons (Fsp3) is 0.125. The third-order valence-electron chi connectivity index (χ3n) is 2.64. The van der Waals surface area contributed by atoms with Crippen LogP contribution < -0.4 is 4.74 Å². The van der Waals surface area contributed by atoms with E-state index in [9.17, 15) is 4.79 Å². The summed E-state index contributed by atoms with van der Waals surface area (Å²) in [6.07, 6.45) is 0. The van der Waals surface area contributed by atoms with E-state index in [1.807, 2.05) is 6.07 Å². The van der Waals surface area contributed by atoms with Crippen molar-refractivity contribution in [1.82, 2.24) is 0 Å².